The molecule has 182 valence electrons. The van der Waals surface area contributed by atoms with Gasteiger partial charge in [-0.05, 0) is 30.5 Å². The highest BCUT2D eigenvalue weighted by Crippen LogP contribution is 2.32. The molecule has 2 N–H and O–H groups in total. The summed E-state index contributed by atoms with van der Waals surface area (Å²) in [6.07, 6.45) is 2.47. The Morgan fingerprint density at radius 3 is 2.09 bits per heavy atom. The van der Waals surface area contributed by atoms with E-state index in [4.69, 9.17) is 4.74 Å². The summed E-state index contributed by atoms with van der Waals surface area (Å²) in [4.78, 5) is 16.6. The van der Waals surface area contributed by atoms with Crippen molar-refractivity contribution in [1.82, 2.24) is 4.98 Å². The van der Waals surface area contributed by atoms with E-state index in [1.165, 1.54) is 5.56 Å². The quantitative estimate of drug-likeness (QED) is 0.264. The van der Waals surface area contributed by atoms with Crippen molar-refractivity contribution in [2.75, 3.05) is 6.61 Å². The normalized spacial score (nSPS) is 11.1. The van der Waals surface area contributed by atoms with Gasteiger partial charge in [-0.1, -0.05) is 90.0 Å². The molecule has 5 nitrogen and oxygen atoms in total. The van der Waals surface area contributed by atoms with Crippen molar-refractivity contribution >= 4 is 5.97 Å². The molecule has 0 unspecified atom stereocenters. The number of halogens is 1. The minimum absolute atomic E-state index is 0. The van der Waals surface area contributed by atoms with E-state index in [-0.39, 0.29) is 23.6 Å². The van der Waals surface area contributed by atoms with Crippen molar-refractivity contribution in [1.29, 1.82) is 0 Å². The van der Waals surface area contributed by atoms with Gasteiger partial charge in [-0.15, -0.1) is 0 Å². The van der Waals surface area contributed by atoms with Gasteiger partial charge in [0.15, 0.2) is 0 Å². The zero-order valence-corrected chi connectivity index (χ0v) is 21.9. The molecule has 35 heavy (non-hydrogen) atoms. The highest BCUT2D eigenvalue weighted by Gasteiger charge is 2.42. The Bertz CT molecular complexity index is 1240. The maximum atomic E-state index is 13.4. The highest BCUT2D eigenvalue weighted by atomic mass is 79.9. The predicted molar refractivity (Wildman–Crippen MR) is 131 cm³/mol. The molecule has 0 aliphatic rings. The largest absolute Gasteiger partial charge is 1.00 e. The minimum atomic E-state index is -1.88. The zero-order chi connectivity index (χ0) is 24.1. The number of nitrogens with zero attached hydrogens (tertiary/aromatic N) is 1. The number of imidazole rings is 1. The van der Waals surface area contributed by atoms with Crippen molar-refractivity contribution < 1.29 is 36.2 Å². The number of H-pyrrole nitrogens is 1. The fourth-order valence-electron chi connectivity index (χ4n) is 4.25. The summed E-state index contributed by atoms with van der Waals surface area (Å²) in [5, 5.41) is 11.7. The SMILES string of the molecule is Cc1cccc(C(O)(C(=O)OCCc2c[nH]c(C)[n+]2Cc2ccccc2)c2cccc(C)c2)c1.[Br-]. The average molecular weight is 535 g/mol. The number of carbonyl (C=O) groups excluding carboxylic acids is 1. The van der Waals surface area contributed by atoms with Gasteiger partial charge in [0.25, 0.3) is 5.82 Å². The molecule has 0 radical (unpaired) electrons. The fraction of sp³-hybridized carbons (Fsp3) is 0.241. The number of rotatable bonds is 8. The van der Waals surface area contributed by atoms with Gasteiger partial charge >= 0.3 is 5.97 Å². The highest BCUT2D eigenvalue weighted by molar-refractivity contribution is 5.85. The number of aryl methyl sites for hydroxylation is 3. The molecule has 3 aromatic carbocycles. The number of nitrogens with one attached hydrogen (secondary N) is 1. The summed E-state index contributed by atoms with van der Waals surface area (Å²) in [6.45, 7) is 6.78. The molecule has 0 atom stereocenters. The van der Waals surface area contributed by atoms with Gasteiger partial charge in [0, 0.05) is 13.3 Å². The summed E-state index contributed by atoms with van der Waals surface area (Å²) >= 11 is 0. The molecule has 1 aromatic heterocycles. The number of hydrogen-bond acceptors (Lipinski definition) is 3. The molecule has 0 aliphatic heterocycles. The topological polar surface area (TPSA) is 66.2 Å². The maximum absolute atomic E-state index is 13.4. The number of esters is 1. The van der Waals surface area contributed by atoms with Crippen LogP contribution in [0.4, 0.5) is 0 Å². The van der Waals surface area contributed by atoms with Crippen LogP contribution in [0.3, 0.4) is 0 Å². The second kappa shape index (κ2) is 11.5. The Morgan fingerprint density at radius 1 is 0.914 bits per heavy atom. The summed E-state index contributed by atoms with van der Waals surface area (Å²) in [6, 6.07) is 25.0. The van der Waals surface area contributed by atoms with Crippen LogP contribution in [0.5, 0.6) is 0 Å². The molecule has 6 heteroatoms. The molecule has 0 amide bonds. The molecular weight excluding hydrogens is 504 g/mol. The molecule has 0 fully saturated rings. The zero-order valence-electron chi connectivity index (χ0n) is 20.3. The second-order valence-electron chi connectivity index (χ2n) is 8.77. The summed E-state index contributed by atoms with van der Waals surface area (Å²) in [5.74, 6) is 0.353. The molecule has 0 bridgehead atoms. The second-order valence-corrected chi connectivity index (χ2v) is 8.77. The lowest BCUT2D eigenvalue weighted by Gasteiger charge is -2.27. The van der Waals surface area contributed by atoms with Crippen molar-refractivity contribution in [2.24, 2.45) is 0 Å². The lowest BCUT2D eigenvalue weighted by Crippen LogP contribution is -3.00. The van der Waals surface area contributed by atoms with Crippen LogP contribution < -0.4 is 21.5 Å². The van der Waals surface area contributed by atoms with E-state index in [2.05, 4.69) is 21.7 Å². The first-order valence-corrected chi connectivity index (χ1v) is 11.5. The van der Waals surface area contributed by atoms with Crippen LogP contribution in [-0.4, -0.2) is 22.7 Å². The van der Waals surface area contributed by atoms with Crippen molar-refractivity contribution in [2.45, 2.75) is 39.3 Å². The molecule has 0 saturated carbocycles. The lowest BCUT2D eigenvalue weighted by molar-refractivity contribution is -0.700. The number of benzene rings is 3. The number of aromatic amines is 1. The van der Waals surface area contributed by atoms with Crippen LogP contribution in [0.1, 0.15) is 39.3 Å². The van der Waals surface area contributed by atoms with E-state index in [1.54, 1.807) is 12.1 Å². The molecule has 0 spiro atoms. The van der Waals surface area contributed by atoms with Crippen LogP contribution >= 0.6 is 0 Å². The Kier molecular flexibility index (Phi) is 8.65. The van der Waals surface area contributed by atoms with Crippen molar-refractivity contribution in [3.05, 3.63) is 124 Å². The van der Waals surface area contributed by atoms with E-state index < -0.39 is 11.6 Å². The fourth-order valence-corrected chi connectivity index (χ4v) is 4.25. The first-order valence-electron chi connectivity index (χ1n) is 11.5. The van der Waals surface area contributed by atoms with E-state index in [0.717, 1.165) is 29.2 Å². The molecule has 0 aliphatic carbocycles. The van der Waals surface area contributed by atoms with E-state index in [1.807, 2.05) is 81.6 Å². The van der Waals surface area contributed by atoms with Gasteiger partial charge < -0.3 is 26.8 Å². The minimum Gasteiger partial charge on any atom is -1.00 e. The number of carbonyl (C=O) groups is 1. The smallest absolute Gasteiger partial charge is 0.347 e. The standard InChI is InChI=1S/C29H30N2O3.BrH/c1-21-9-7-13-25(17-21)29(33,26-14-8-10-22(2)18-26)28(32)34-16-15-27-19-30-23(3)31(27)20-24-11-5-4-6-12-24;/h4-14,17-19,33H,15-16,20H2,1-3H3;1H. The Labute approximate surface area is 217 Å². The summed E-state index contributed by atoms with van der Waals surface area (Å²) in [5.41, 5.74) is 3.26. The van der Waals surface area contributed by atoms with Crippen LogP contribution in [0.2, 0.25) is 0 Å². The molecule has 0 saturated heterocycles. The lowest BCUT2D eigenvalue weighted by atomic mass is 9.85. The van der Waals surface area contributed by atoms with Gasteiger partial charge in [-0.2, -0.15) is 0 Å². The molecular formula is C29H31BrN2O3. The van der Waals surface area contributed by atoms with Gasteiger partial charge in [-0.3, -0.25) is 0 Å². The van der Waals surface area contributed by atoms with Gasteiger partial charge in [0.2, 0.25) is 5.60 Å². The molecule has 4 rings (SSSR count). The van der Waals surface area contributed by atoms with E-state index in [0.29, 0.717) is 17.5 Å². The van der Waals surface area contributed by atoms with Gasteiger partial charge in [-0.25, -0.2) is 14.3 Å². The van der Waals surface area contributed by atoms with Gasteiger partial charge in [0.1, 0.15) is 18.4 Å². The predicted octanol–water partition coefficient (Wildman–Crippen LogP) is 1.30. The van der Waals surface area contributed by atoms with Crippen LogP contribution in [-0.2, 0) is 28.1 Å². The molecule has 1 heterocycles. The van der Waals surface area contributed by atoms with Gasteiger partial charge in [0.05, 0.1) is 6.61 Å². The van der Waals surface area contributed by atoms with Crippen LogP contribution in [0, 0.1) is 20.8 Å². The third kappa shape index (κ3) is 5.89. The summed E-state index contributed by atoms with van der Waals surface area (Å²) in [7, 11) is 0. The van der Waals surface area contributed by atoms with E-state index >= 15 is 0 Å². The maximum Gasteiger partial charge on any atom is 0.347 e. The average Bonchev–Trinajstić information content (AvgIpc) is 3.18. The number of hydrogen-bond donors (Lipinski definition) is 2. The van der Waals surface area contributed by atoms with Crippen molar-refractivity contribution in [3.63, 3.8) is 0 Å². The van der Waals surface area contributed by atoms with Crippen molar-refractivity contribution in [3.8, 4) is 0 Å². The number of aliphatic hydroxyl groups is 1. The monoisotopic (exact) mass is 534 g/mol. The first kappa shape index (κ1) is 26.4. The van der Waals surface area contributed by atoms with Crippen LogP contribution in [0.25, 0.3) is 0 Å². The third-order valence-corrected chi connectivity index (χ3v) is 6.14. The number of aromatic nitrogens is 2. The Morgan fingerprint density at radius 2 is 1.51 bits per heavy atom. The molecule has 4 aromatic rings. The Balaban J connectivity index is 0.00000342. The third-order valence-electron chi connectivity index (χ3n) is 6.14. The number of ether oxygens (including phenoxy) is 1. The first-order chi connectivity index (χ1) is 16.4. The Hall–Kier alpha value is -3.22. The summed E-state index contributed by atoms with van der Waals surface area (Å²) < 4.78 is 7.88. The van der Waals surface area contributed by atoms with E-state index in [9.17, 15) is 9.90 Å². The van der Waals surface area contributed by atoms with Crippen LogP contribution in [0.15, 0.2) is 85.1 Å².